The van der Waals surface area contributed by atoms with Crippen LogP contribution in [0.3, 0.4) is 0 Å². The van der Waals surface area contributed by atoms with Crippen LogP contribution >= 0.6 is 0 Å². The number of hydrogen-bond acceptors (Lipinski definition) is 4. The lowest BCUT2D eigenvalue weighted by Gasteiger charge is -2.23. The molecule has 0 bridgehead atoms. The number of rotatable bonds is 3. The Morgan fingerprint density at radius 3 is 2.55 bits per heavy atom. The van der Waals surface area contributed by atoms with Crippen LogP contribution in [-0.4, -0.2) is 29.3 Å². The molecule has 0 atom stereocenters. The molecule has 0 unspecified atom stereocenters. The maximum absolute atomic E-state index is 10.8. The number of carboxylic acid groups (broad SMARTS) is 1. The summed E-state index contributed by atoms with van der Waals surface area (Å²) in [4.78, 5) is 10.8. The summed E-state index contributed by atoms with van der Waals surface area (Å²) in [5, 5.41) is 16.0. The minimum absolute atomic E-state index is 0.137. The third-order valence-electron chi connectivity index (χ3n) is 3.74. The van der Waals surface area contributed by atoms with Gasteiger partial charge in [0.25, 0.3) is 0 Å². The normalized spacial score (nSPS) is 16.2. The molecule has 2 aromatic rings. The number of aromatic nitrogens is 1. The number of carboxylic acids is 1. The van der Waals surface area contributed by atoms with Gasteiger partial charge in [0.05, 0.1) is 0 Å². The molecule has 2 heterocycles. The molecule has 1 aromatic carbocycles. The van der Waals surface area contributed by atoms with Crippen LogP contribution in [0.2, 0.25) is 0 Å². The molecule has 1 aromatic heterocycles. The van der Waals surface area contributed by atoms with E-state index in [9.17, 15) is 4.79 Å². The van der Waals surface area contributed by atoms with E-state index in [1.165, 1.54) is 11.6 Å². The van der Waals surface area contributed by atoms with Crippen molar-refractivity contribution in [3.05, 3.63) is 41.7 Å². The molecule has 1 fully saturated rings. The van der Waals surface area contributed by atoms with E-state index in [-0.39, 0.29) is 5.76 Å². The Morgan fingerprint density at radius 1 is 1.25 bits per heavy atom. The SMILES string of the molecule is O=C(O)c1cc(-c2ccc(C3CCNCC3)cc2)no1. The summed E-state index contributed by atoms with van der Waals surface area (Å²) in [5.41, 5.74) is 2.76. The summed E-state index contributed by atoms with van der Waals surface area (Å²) in [6.45, 7) is 2.13. The number of piperidine rings is 1. The first-order chi connectivity index (χ1) is 9.74. The average Bonchev–Trinajstić information content (AvgIpc) is 2.98. The van der Waals surface area contributed by atoms with E-state index in [0.29, 0.717) is 11.6 Å². The van der Waals surface area contributed by atoms with Gasteiger partial charge in [-0.25, -0.2) is 4.79 Å². The van der Waals surface area contributed by atoms with Gasteiger partial charge >= 0.3 is 5.97 Å². The quantitative estimate of drug-likeness (QED) is 0.898. The third kappa shape index (κ3) is 2.58. The van der Waals surface area contributed by atoms with Crippen molar-refractivity contribution >= 4 is 5.97 Å². The second-order valence-corrected chi connectivity index (χ2v) is 5.03. The summed E-state index contributed by atoms with van der Waals surface area (Å²) < 4.78 is 4.77. The maximum Gasteiger partial charge on any atom is 0.374 e. The molecule has 5 heteroatoms. The molecule has 0 aliphatic carbocycles. The highest BCUT2D eigenvalue weighted by Crippen LogP contribution is 2.27. The van der Waals surface area contributed by atoms with Crippen molar-refractivity contribution in [3.8, 4) is 11.3 Å². The molecule has 20 heavy (non-hydrogen) atoms. The first-order valence-electron chi connectivity index (χ1n) is 6.75. The lowest BCUT2D eigenvalue weighted by molar-refractivity contribution is 0.0652. The first kappa shape index (κ1) is 12.9. The highest BCUT2D eigenvalue weighted by Gasteiger charge is 2.16. The van der Waals surface area contributed by atoms with Crippen molar-refractivity contribution in [3.63, 3.8) is 0 Å². The van der Waals surface area contributed by atoms with Gasteiger partial charge in [-0.15, -0.1) is 0 Å². The molecular weight excluding hydrogens is 256 g/mol. The molecule has 1 aliphatic heterocycles. The number of hydrogen-bond donors (Lipinski definition) is 2. The van der Waals surface area contributed by atoms with Crippen molar-refractivity contribution in [2.45, 2.75) is 18.8 Å². The molecule has 1 saturated heterocycles. The van der Waals surface area contributed by atoms with Crippen LogP contribution in [0.15, 0.2) is 34.9 Å². The Labute approximate surface area is 116 Å². The van der Waals surface area contributed by atoms with Crippen LogP contribution in [0.1, 0.15) is 34.9 Å². The van der Waals surface area contributed by atoms with E-state index in [1.54, 1.807) is 0 Å². The monoisotopic (exact) mass is 272 g/mol. The number of nitrogens with zero attached hydrogens (tertiary/aromatic N) is 1. The highest BCUT2D eigenvalue weighted by molar-refractivity contribution is 5.85. The molecule has 0 radical (unpaired) electrons. The molecule has 0 amide bonds. The molecule has 1 aliphatic rings. The van der Waals surface area contributed by atoms with Crippen molar-refractivity contribution < 1.29 is 14.4 Å². The zero-order valence-electron chi connectivity index (χ0n) is 11.0. The van der Waals surface area contributed by atoms with Gasteiger partial charge in [-0.05, 0) is 37.4 Å². The van der Waals surface area contributed by atoms with Gasteiger partial charge in [-0.2, -0.15) is 0 Å². The Hall–Kier alpha value is -2.14. The third-order valence-corrected chi connectivity index (χ3v) is 3.74. The lowest BCUT2D eigenvalue weighted by atomic mass is 9.89. The van der Waals surface area contributed by atoms with E-state index in [1.807, 2.05) is 12.1 Å². The van der Waals surface area contributed by atoms with Crippen molar-refractivity contribution in [1.29, 1.82) is 0 Å². The molecular formula is C15H16N2O3. The predicted octanol–water partition coefficient (Wildman–Crippen LogP) is 2.51. The Bertz CT molecular complexity index is 598. The van der Waals surface area contributed by atoms with Crippen LogP contribution in [0.25, 0.3) is 11.3 Å². The fourth-order valence-corrected chi connectivity index (χ4v) is 2.59. The minimum Gasteiger partial charge on any atom is -0.475 e. The minimum atomic E-state index is -1.10. The summed E-state index contributed by atoms with van der Waals surface area (Å²) in [6, 6.07) is 9.59. The zero-order chi connectivity index (χ0) is 13.9. The highest BCUT2D eigenvalue weighted by atomic mass is 16.5. The molecule has 5 nitrogen and oxygen atoms in total. The number of benzene rings is 1. The van der Waals surface area contributed by atoms with Gasteiger partial charge in [0, 0.05) is 11.6 Å². The summed E-state index contributed by atoms with van der Waals surface area (Å²) >= 11 is 0. The van der Waals surface area contributed by atoms with Gasteiger partial charge in [-0.3, -0.25) is 0 Å². The largest absolute Gasteiger partial charge is 0.475 e. The lowest BCUT2D eigenvalue weighted by Crippen LogP contribution is -2.26. The summed E-state index contributed by atoms with van der Waals surface area (Å²) in [5.74, 6) is -0.630. The summed E-state index contributed by atoms with van der Waals surface area (Å²) in [7, 11) is 0. The second-order valence-electron chi connectivity index (χ2n) is 5.03. The molecule has 104 valence electrons. The molecule has 3 rings (SSSR count). The van der Waals surface area contributed by atoms with Crippen LogP contribution in [0.5, 0.6) is 0 Å². The number of nitrogens with one attached hydrogen (secondary N) is 1. The maximum atomic E-state index is 10.8. The van der Waals surface area contributed by atoms with Gasteiger partial charge in [0.2, 0.25) is 5.76 Å². The van der Waals surface area contributed by atoms with Gasteiger partial charge in [0.1, 0.15) is 5.69 Å². The van der Waals surface area contributed by atoms with Crippen molar-refractivity contribution in [2.75, 3.05) is 13.1 Å². The van der Waals surface area contributed by atoms with E-state index in [4.69, 9.17) is 9.63 Å². The van der Waals surface area contributed by atoms with Crippen molar-refractivity contribution in [1.82, 2.24) is 10.5 Å². The van der Waals surface area contributed by atoms with Gasteiger partial charge in [-0.1, -0.05) is 29.4 Å². The molecule has 0 saturated carbocycles. The van der Waals surface area contributed by atoms with E-state index >= 15 is 0 Å². The smallest absolute Gasteiger partial charge is 0.374 e. The van der Waals surface area contributed by atoms with Gasteiger partial charge in [0.15, 0.2) is 0 Å². The average molecular weight is 272 g/mol. The van der Waals surface area contributed by atoms with Crippen LogP contribution in [-0.2, 0) is 0 Å². The standard InChI is InChI=1S/C15H16N2O3/c18-15(19)14-9-13(17-20-14)12-3-1-10(2-4-12)11-5-7-16-8-6-11/h1-4,9,11,16H,5-8H2,(H,18,19). The molecule has 2 N–H and O–H groups in total. The Morgan fingerprint density at radius 2 is 1.95 bits per heavy atom. The van der Waals surface area contributed by atoms with Crippen molar-refractivity contribution in [2.24, 2.45) is 0 Å². The second kappa shape index (κ2) is 5.46. The van der Waals surface area contributed by atoms with Gasteiger partial charge < -0.3 is 14.9 Å². The van der Waals surface area contributed by atoms with Crippen LogP contribution < -0.4 is 5.32 Å². The Balaban J connectivity index is 1.79. The summed E-state index contributed by atoms with van der Waals surface area (Å²) in [6.07, 6.45) is 2.32. The first-order valence-corrected chi connectivity index (χ1v) is 6.75. The predicted molar refractivity (Wildman–Crippen MR) is 73.7 cm³/mol. The van der Waals surface area contributed by atoms with Crippen LogP contribution in [0.4, 0.5) is 0 Å². The fraction of sp³-hybridized carbons (Fsp3) is 0.333. The molecule has 0 spiro atoms. The Kier molecular flexibility index (Phi) is 3.52. The topological polar surface area (TPSA) is 75.4 Å². The van der Waals surface area contributed by atoms with E-state index in [0.717, 1.165) is 31.5 Å². The van der Waals surface area contributed by atoms with E-state index < -0.39 is 5.97 Å². The number of carbonyl (C=O) groups is 1. The van der Waals surface area contributed by atoms with E-state index in [2.05, 4.69) is 22.6 Å². The number of aromatic carboxylic acids is 1. The zero-order valence-corrected chi connectivity index (χ0v) is 11.0. The van der Waals surface area contributed by atoms with Crippen LogP contribution in [0, 0.1) is 0 Å². The fourth-order valence-electron chi connectivity index (χ4n) is 2.59.